The smallest absolute Gasteiger partial charge is 0.258 e. The van der Waals surface area contributed by atoms with Crippen molar-refractivity contribution in [3.8, 4) is 11.5 Å². The van der Waals surface area contributed by atoms with Gasteiger partial charge >= 0.3 is 0 Å². The lowest BCUT2D eigenvalue weighted by molar-refractivity contribution is -0.136. The molecule has 0 aromatic heterocycles. The van der Waals surface area contributed by atoms with Crippen LogP contribution in [0.25, 0.3) is 0 Å². The Hall–Kier alpha value is -2.87. The van der Waals surface area contributed by atoms with E-state index in [1.807, 2.05) is 0 Å². The number of rotatable bonds is 8. The fourth-order valence-electron chi connectivity index (χ4n) is 4.63. The Morgan fingerprint density at radius 2 is 1.85 bits per heavy atom. The van der Waals surface area contributed by atoms with Crippen molar-refractivity contribution in [1.82, 2.24) is 10.6 Å². The molecular weight excluding hydrogens is 454 g/mol. The number of benzene rings is 2. The molecule has 3 aliphatic rings. The molecule has 2 atom stereocenters. The summed E-state index contributed by atoms with van der Waals surface area (Å²) in [5, 5.41) is 5.82. The van der Waals surface area contributed by atoms with Crippen molar-refractivity contribution in [2.45, 2.75) is 31.8 Å². The molecule has 6 nitrogen and oxygen atoms in total. The molecule has 2 unspecified atom stereocenters. The zero-order valence-corrected chi connectivity index (χ0v) is 18.8. The summed E-state index contributed by atoms with van der Waals surface area (Å²) in [5.74, 6) is -0.725. The van der Waals surface area contributed by atoms with Crippen molar-refractivity contribution < 1.29 is 27.8 Å². The summed E-state index contributed by atoms with van der Waals surface area (Å²) >= 11 is 5.64. The van der Waals surface area contributed by atoms with Crippen LogP contribution in [0.2, 0.25) is 5.02 Å². The standard InChI is InChI=1S/C24H25ClF2N2O4/c1-32-22-5-2-13(6-20(22)27)11-28-24(31)17-10-21(15-7-14(17)8-15)29-23(30)12-33-16-3-4-18(25)19(26)9-16/h2-6,9,14-15,17,21H,7-8,10-12H2,1H3,(H,28,31)(H,29,30). The lowest BCUT2D eigenvalue weighted by Gasteiger charge is -2.50. The Morgan fingerprint density at radius 3 is 2.55 bits per heavy atom. The van der Waals surface area contributed by atoms with Gasteiger partial charge in [-0.3, -0.25) is 9.59 Å². The van der Waals surface area contributed by atoms with Gasteiger partial charge in [-0.15, -0.1) is 0 Å². The van der Waals surface area contributed by atoms with E-state index in [2.05, 4.69) is 10.6 Å². The lowest BCUT2D eigenvalue weighted by atomic mass is 9.57. The van der Waals surface area contributed by atoms with Crippen LogP contribution in [0.5, 0.6) is 11.5 Å². The lowest BCUT2D eigenvalue weighted by Crippen LogP contribution is -2.56. The summed E-state index contributed by atoms with van der Waals surface area (Å²) < 4.78 is 37.6. The van der Waals surface area contributed by atoms with Crippen LogP contribution >= 0.6 is 11.6 Å². The summed E-state index contributed by atoms with van der Waals surface area (Å²) in [5.41, 5.74) is 0.643. The Kier molecular flexibility index (Phi) is 7.02. The van der Waals surface area contributed by atoms with Gasteiger partial charge in [-0.05, 0) is 60.9 Å². The highest BCUT2D eigenvalue weighted by Crippen LogP contribution is 2.49. The average molecular weight is 479 g/mol. The molecule has 2 amide bonds. The number of hydrogen-bond donors (Lipinski definition) is 2. The van der Waals surface area contributed by atoms with Gasteiger partial charge in [-0.25, -0.2) is 8.78 Å². The molecule has 2 aromatic rings. The molecule has 176 valence electrons. The number of carbonyl (C=O) groups is 2. The van der Waals surface area contributed by atoms with E-state index in [-0.39, 0.29) is 53.4 Å². The quantitative estimate of drug-likeness (QED) is 0.604. The zero-order valence-electron chi connectivity index (χ0n) is 18.1. The summed E-state index contributed by atoms with van der Waals surface area (Å²) in [6, 6.07) is 8.44. The Morgan fingerprint density at radius 1 is 1.06 bits per heavy atom. The molecule has 2 aromatic carbocycles. The van der Waals surface area contributed by atoms with E-state index >= 15 is 0 Å². The maximum Gasteiger partial charge on any atom is 0.258 e. The van der Waals surface area contributed by atoms with Crippen molar-refractivity contribution in [2.24, 2.45) is 17.8 Å². The molecule has 0 spiro atoms. The van der Waals surface area contributed by atoms with E-state index in [0.29, 0.717) is 23.8 Å². The van der Waals surface area contributed by atoms with Crippen molar-refractivity contribution in [3.05, 3.63) is 58.6 Å². The summed E-state index contributed by atoms with van der Waals surface area (Å²) in [4.78, 5) is 25.2. The largest absolute Gasteiger partial charge is 0.494 e. The number of nitrogens with one attached hydrogen (secondary N) is 2. The van der Waals surface area contributed by atoms with Gasteiger partial charge in [0.1, 0.15) is 11.6 Å². The molecule has 9 heteroatoms. The third-order valence-electron chi connectivity index (χ3n) is 6.48. The van der Waals surface area contributed by atoms with Gasteiger partial charge in [0.15, 0.2) is 18.2 Å². The molecule has 0 saturated heterocycles. The van der Waals surface area contributed by atoms with Crippen LogP contribution < -0.4 is 20.1 Å². The van der Waals surface area contributed by atoms with E-state index in [0.717, 1.165) is 18.9 Å². The van der Waals surface area contributed by atoms with E-state index in [1.54, 1.807) is 6.07 Å². The number of ether oxygens (including phenoxy) is 2. The number of methoxy groups -OCH3 is 1. The summed E-state index contributed by atoms with van der Waals surface area (Å²) in [6.07, 6.45) is 2.30. The highest BCUT2D eigenvalue weighted by molar-refractivity contribution is 6.30. The van der Waals surface area contributed by atoms with E-state index < -0.39 is 11.6 Å². The van der Waals surface area contributed by atoms with E-state index in [1.165, 1.54) is 31.4 Å². The van der Waals surface area contributed by atoms with Crippen molar-refractivity contribution >= 4 is 23.4 Å². The second kappa shape index (κ2) is 9.95. The Bertz CT molecular complexity index is 1050. The minimum atomic E-state index is -0.617. The molecule has 0 heterocycles. The van der Waals surface area contributed by atoms with E-state index in [4.69, 9.17) is 21.1 Å². The minimum Gasteiger partial charge on any atom is -0.494 e. The second-order valence-electron chi connectivity index (χ2n) is 8.56. The molecule has 33 heavy (non-hydrogen) atoms. The van der Waals surface area contributed by atoms with Crippen LogP contribution in [0.4, 0.5) is 8.78 Å². The van der Waals surface area contributed by atoms with Gasteiger partial charge in [-0.2, -0.15) is 0 Å². The number of carbonyl (C=O) groups excluding carboxylic acids is 2. The second-order valence-corrected chi connectivity index (χ2v) is 8.97. The fourth-order valence-corrected chi connectivity index (χ4v) is 4.74. The topological polar surface area (TPSA) is 76.7 Å². The first-order valence-electron chi connectivity index (χ1n) is 10.8. The highest BCUT2D eigenvalue weighted by Gasteiger charge is 2.48. The molecule has 2 bridgehead atoms. The summed E-state index contributed by atoms with van der Waals surface area (Å²) in [6.45, 7) is -0.0392. The normalized spacial score (nSPS) is 23.3. The predicted octanol–water partition coefficient (Wildman–Crippen LogP) is 3.85. The first-order chi connectivity index (χ1) is 15.8. The van der Waals surface area contributed by atoms with Crippen LogP contribution in [-0.2, 0) is 16.1 Å². The fraction of sp³-hybridized carbons (Fsp3) is 0.417. The van der Waals surface area contributed by atoms with Gasteiger partial charge < -0.3 is 20.1 Å². The number of amides is 2. The van der Waals surface area contributed by atoms with Crippen LogP contribution in [0.1, 0.15) is 24.8 Å². The van der Waals surface area contributed by atoms with E-state index in [9.17, 15) is 18.4 Å². The molecule has 3 aliphatic carbocycles. The Balaban J connectivity index is 1.27. The average Bonchev–Trinajstić information content (AvgIpc) is 2.77. The van der Waals surface area contributed by atoms with Gasteiger partial charge in [0, 0.05) is 24.6 Å². The van der Waals surface area contributed by atoms with Crippen molar-refractivity contribution in [2.75, 3.05) is 13.7 Å². The molecule has 0 aliphatic heterocycles. The number of fused-ring (bicyclic) bond motifs is 2. The third-order valence-corrected chi connectivity index (χ3v) is 6.79. The molecule has 2 N–H and O–H groups in total. The van der Waals surface area contributed by atoms with Gasteiger partial charge in [0.25, 0.3) is 5.91 Å². The SMILES string of the molecule is COc1ccc(CNC(=O)C2CC(NC(=O)COc3ccc(Cl)c(F)c3)C3CC2C3)cc1F. The van der Waals surface area contributed by atoms with Gasteiger partial charge in [0.05, 0.1) is 12.1 Å². The van der Waals surface area contributed by atoms with Crippen molar-refractivity contribution in [1.29, 1.82) is 0 Å². The van der Waals surface area contributed by atoms with Crippen molar-refractivity contribution in [3.63, 3.8) is 0 Å². The highest BCUT2D eigenvalue weighted by atomic mass is 35.5. The van der Waals surface area contributed by atoms with Crippen LogP contribution in [0.3, 0.4) is 0 Å². The predicted molar refractivity (Wildman–Crippen MR) is 118 cm³/mol. The first-order valence-corrected chi connectivity index (χ1v) is 11.2. The monoisotopic (exact) mass is 478 g/mol. The molecule has 3 fully saturated rings. The maximum absolute atomic E-state index is 13.9. The van der Waals surface area contributed by atoms with Gasteiger partial charge in [0.2, 0.25) is 5.91 Å². The molecular formula is C24H25ClF2N2O4. The van der Waals surface area contributed by atoms with Crippen LogP contribution in [0, 0.1) is 29.4 Å². The van der Waals surface area contributed by atoms with Crippen LogP contribution in [-0.4, -0.2) is 31.6 Å². The molecule has 3 saturated carbocycles. The first kappa shape index (κ1) is 23.3. The Labute approximate surface area is 195 Å². The molecule has 5 rings (SSSR count). The molecule has 0 radical (unpaired) electrons. The minimum absolute atomic E-state index is 0.0185. The van der Waals surface area contributed by atoms with Gasteiger partial charge in [-0.1, -0.05) is 17.7 Å². The number of hydrogen-bond acceptors (Lipinski definition) is 4. The van der Waals surface area contributed by atoms with Crippen LogP contribution in [0.15, 0.2) is 36.4 Å². The maximum atomic E-state index is 13.9. The number of halogens is 3. The third kappa shape index (κ3) is 5.38. The zero-order chi connectivity index (χ0) is 23.5. The summed E-state index contributed by atoms with van der Waals surface area (Å²) in [7, 11) is 1.40.